The summed E-state index contributed by atoms with van der Waals surface area (Å²) in [6.45, 7) is 0. The molecule has 26 valence electrons. The van der Waals surface area contributed by atoms with E-state index in [2.05, 4.69) is 0 Å². The Balaban J connectivity index is 0. The van der Waals surface area contributed by atoms with E-state index in [1.807, 2.05) is 0 Å². The first kappa shape index (κ1) is 45.3. The van der Waals surface area contributed by atoms with Crippen LogP contribution < -0.4 is 0 Å². The molecule has 0 bridgehead atoms. The van der Waals surface area contributed by atoms with E-state index in [1.165, 1.54) is 0 Å². The van der Waals surface area contributed by atoms with Crippen molar-refractivity contribution in [3.05, 3.63) is 0 Å². The van der Waals surface area contributed by atoms with E-state index in [1.54, 1.807) is 0 Å². The molecule has 0 aromatic heterocycles. The molecule has 0 nitrogen and oxygen atoms in total. The molecule has 0 fully saturated rings. The van der Waals surface area contributed by atoms with Gasteiger partial charge in [0.15, 0.2) is 17.4 Å². The first-order valence-electron chi connectivity index (χ1n) is 0. The molecule has 0 rings (SSSR count). The Morgan fingerprint density at radius 1 is 1.00 bits per heavy atom. The summed E-state index contributed by atoms with van der Waals surface area (Å²) >= 11 is 0. The van der Waals surface area contributed by atoms with Crippen LogP contribution in [0.5, 0.6) is 0 Å². The Morgan fingerprint density at radius 2 is 1.00 bits per heavy atom. The molecule has 0 aromatic rings. The topological polar surface area (TPSA) is 0 Å². The molecule has 0 radical (unpaired) electrons. The zero-order chi connectivity index (χ0) is 0. The van der Waals surface area contributed by atoms with Crippen molar-refractivity contribution in [2.45, 2.75) is 0 Å². The van der Waals surface area contributed by atoms with Gasteiger partial charge in [-0.1, -0.05) is 0 Å². The van der Waals surface area contributed by atoms with Gasteiger partial charge < -0.3 is 0 Å². The Kier molecular flexibility index (Phi) is 261. The van der Waals surface area contributed by atoms with Gasteiger partial charge in [-0.05, 0) is 0 Å². The van der Waals surface area contributed by atoms with Gasteiger partial charge in [-0.25, -0.2) is 0 Å². The first-order valence-corrected chi connectivity index (χ1v) is 0. The number of hydrogen-bond donors (Lipinski definition) is 0. The summed E-state index contributed by atoms with van der Waals surface area (Å²) in [5.41, 5.74) is 0. The van der Waals surface area contributed by atoms with Crippen LogP contribution in [-0.4, -0.2) is 74.0 Å². The van der Waals surface area contributed by atoms with Gasteiger partial charge in [-0.2, -0.15) is 0 Å². The average molecular weight is 152 g/mol. The van der Waals surface area contributed by atoms with Gasteiger partial charge in [-0.15, -0.1) is 0 Å². The third-order valence-corrected chi connectivity index (χ3v) is 0. The molecule has 0 saturated heterocycles. The van der Waals surface area contributed by atoms with Crippen LogP contribution in [0.3, 0.4) is 0 Å². The van der Waals surface area contributed by atoms with Gasteiger partial charge in [0.25, 0.3) is 0 Å². The molecule has 0 aromatic carbocycles. The molecular weight excluding hydrogens is 145 g/mol. The zero-order valence-corrected chi connectivity index (χ0v) is 2.09. The normalized spacial score (nSPS) is 0. The minimum atomic E-state index is 0. The van der Waals surface area contributed by atoms with Crippen molar-refractivity contribution in [2.75, 3.05) is 0 Å². The predicted octanol–water partition coefficient (Wildman–Crippen LogP) is -2.60. The number of halogens is 1. The second kappa shape index (κ2) is 28.8. The summed E-state index contributed by atoms with van der Waals surface area (Å²) in [6.07, 6.45) is 0. The summed E-state index contributed by atoms with van der Waals surface area (Å²) in [6, 6.07) is 0. The summed E-state index contributed by atoms with van der Waals surface area (Å²) in [5.74, 6) is 0. The third kappa shape index (κ3) is 19.8. The van der Waals surface area contributed by atoms with E-state index in [4.69, 9.17) is 0 Å². The Hall–Kier alpha value is 2.85. The fourth-order valence-corrected chi connectivity index (χ4v) is 0. The molecule has 0 amide bonds. The molecule has 5 heteroatoms. The van der Waals surface area contributed by atoms with Gasteiger partial charge >= 0.3 is 56.6 Å². The van der Waals surface area contributed by atoms with E-state index in [0.29, 0.717) is 0 Å². The first-order chi connectivity index (χ1) is 0. The summed E-state index contributed by atoms with van der Waals surface area (Å²) < 4.78 is 0. The minimum absolute atomic E-state index is 0. The number of hydrogen-bond acceptors (Lipinski definition) is 0. The molecule has 5 heavy (non-hydrogen) atoms. The van der Waals surface area contributed by atoms with Crippen LogP contribution in [0.25, 0.3) is 0 Å². The molecular formula is H7AlCaCrFLi. The van der Waals surface area contributed by atoms with E-state index in [9.17, 15) is 0 Å². The van der Waals surface area contributed by atoms with E-state index in [-0.39, 0.29) is 96.0 Å². The van der Waals surface area contributed by atoms with Gasteiger partial charge in [0.05, 0.1) is 0 Å². The van der Waals surface area contributed by atoms with Crippen LogP contribution >= 0.6 is 0 Å². The molecule has 0 aliphatic carbocycles. The maximum atomic E-state index is 0. The molecule has 0 saturated carbocycles. The second-order valence-electron chi connectivity index (χ2n) is 0. The second-order valence-corrected chi connectivity index (χ2v) is 0. The number of rotatable bonds is 0. The monoisotopic (exact) mass is 152 g/mol. The average Bonchev–Trinajstić information content (AvgIpc) is 0. The maximum absolute atomic E-state index is 0. The van der Waals surface area contributed by atoms with Crippen LogP contribution in [-0.2, 0) is 17.4 Å². The van der Waals surface area contributed by atoms with Crippen molar-refractivity contribution in [1.82, 2.24) is 0 Å². The predicted molar refractivity (Wildman–Crippen MR) is 28.1 cm³/mol. The van der Waals surface area contributed by atoms with Gasteiger partial charge in [0.2, 0.25) is 0 Å². The van der Waals surface area contributed by atoms with Gasteiger partial charge in [0, 0.05) is 17.4 Å². The van der Waals surface area contributed by atoms with Crippen LogP contribution in [0, 0.1) is 0 Å². The van der Waals surface area contributed by atoms with E-state index < -0.39 is 0 Å². The van der Waals surface area contributed by atoms with E-state index in [0.717, 1.165) is 0 Å². The van der Waals surface area contributed by atoms with Crippen LogP contribution in [0.4, 0.5) is 4.70 Å². The molecule has 0 N–H and O–H groups in total. The van der Waals surface area contributed by atoms with Crippen molar-refractivity contribution >= 4 is 74.0 Å². The van der Waals surface area contributed by atoms with Crippen LogP contribution in [0.2, 0.25) is 0 Å². The van der Waals surface area contributed by atoms with Crippen LogP contribution in [0.1, 0.15) is 0 Å². The third-order valence-electron chi connectivity index (χ3n) is 0. The Bertz CT molecular complexity index is 11.6. The fraction of sp³-hybridized carbons (Fsp3) is 0. The fourth-order valence-electron chi connectivity index (χ4n) is 0. The summed E-state index contributed by atoms with van der Waals surface area (Å²) in [7, 11) is 0. The van der Waals surface area contributed by atoms with Crippen LogP contribution in [0.15, 0.2) is 0 Å². The van der Waals surface area contributed by atoms with Crippen molar-refractivity contribution in [3.63, 3.8) is 0 Å². The van der Waals surface area contributed by atoms with Crippen molar-refractivity contribution < 1.29 is 22.1 Å². The molecule has 0 aliphatic rings. The standard InChI is InChI=1S/Al.Ca.Cr.FH.Li.6H/h;;;1H;;;;;;;. The Morgan fingerprint density at radius 3 is 1.00 bits per heavy atom. The van der Waals surface area contributed by atoms with Gasteiger partial charge in [-0.3, -0.25) is 4.70 Å². The molecule has 0 atom stereocenters. The Labute approximate surface area is 94.3 Å². The zero-order valence-electron chi connectivity index (χ0n) is 0.816. The molecule has 0 heterocycles. The van der Waals surface area contributed by atoms with Crippen molar-refractivity contribution in [3.8, 4) is 0 Å². The quantitative estimate of drug-likeness (QED) is 0.334. The summed E-state index contributed by atoms with van der Waals surface area (Å²) in [4.78, 5) is 0. The van der Waals surface area contributed by atoms with Crippen molar-refractivity contribution in [1.29, 1.82) is 0 Å². The van der Waals surface area contributed by atoms with E-state index >= 15 is 0 Å². The van der Waals surface area contributed by atoms with Gasteiger partial charge in [0.1, 0.15) is 0 Å². The molecule has 0 aliphatic heterocycles. The van der Waals surface area contributed by atoms with Crippen molar-refractivity contribution in [2.24, 2.45) is 0 Å². The molecule has 0 spiro atoms. The summed E-state index contributed by atoms with van der Waals surface area (Å²) in [5, 5.41) is 0. The SMILES string of the molecule is F.[AlH3].[CaH2].[Cr].[LiH]. The molecule has 0 unspecified atom stereocenters.